The monoisotopic (exact) mass is 245 g/mol. The lowest BCUT2D eigenvalue weighted by Gasteiger charge is -2.17. The van der Waals surface area contributed by atoms with Gasteiger partial charge in [0.1, 0.15) is 12.1 Å². The smallest absolute Gasteiger partial charge is 0.323 e. The number of nitrogens with two attached hydrogens (primary N) is 1. The lowest BCUT2D eigenvalue weighted by molar-refractivity contribution is -0.149. The van der Waals surface area contributed by atoms with E-state index in [0.717, 1.165) is 11.1 Å². The standard InChI is InChI=1S/C15H19NO2/c1-10(2)9-13(16)15(17)18-14-8-7-11-5-3-4-6-12(11)14/h3-8,10,13-14H,9,16H2,1-2H3/t13-,14?/m0/s1. The first-order valence-electron chi connectivity index (χ1n) is 6.31. The molecule has 0 fully saturated rings. The fourth-order valence-corrected chi connectivity index (χ4v) is 2.14. The summed E-state index contributed by atoms with van der Waals surface area (Å²) in [6.07, 6.45) is 4.23. The highest BCUT2D eigenvalue weighted by molar-refractivity contribution is 5.76. The Morgan fingerprint density at radius 2 is 2.11 bits per heavy atom. The van der Waals surface area contributed by atoms with Gasteiger partial charge in [-0.25, -0.2) is 0 Å². The van der Waals surface area contributed by atoms with Crippen molar-refractivity contribution in [3.63, 3.8) is 0 Å². The molecule has 2 rings (SSSR count). The second kappa shape index (κ2) is 5.36. The third kappa shape index (κ3) is 2.79. The summed E-state index contributed by atoms with van der Waals surface area (Å²) in [6.45, 7) is 4.08. The molecule has 0 bridgehead atoms. The van der Waals surface area contributed by atoms with E-state index in [4.69, 9.17) is 10.5 Å². The van der Waals surface area contributed by atoms with Crippen LogP contribution in [0, 0.1) is 5.92 Å². The highest BCUT2D eigenvalue weighted by atomic mass is 16.5. The van der Waals surface area contributed by atoms with Gasteiger partial charge in [0, 0.05) is 5.56 Å². The molecule has 1 aromatic carbocycles. The fraction of sp³-hybridized carbons (Fsp3) is 0.400. The van der Waals surface area contributed by atoms with Crippen LogP contribution in [0.25, 0.3) is 6.08 Å². The van der Waals surface area contributed by atoms with E-state index in [1.807, 2.05) is 50.3 Å². The molecule has 2 atom stereocenters. The van der Waals surface area contributed by atoms with Gasteiger partial charge in [-0.2, -0.15) is 0 Å². The minimum absolute atomic E-state index is 0.285. The molecular weight excluding hydrogens is 226 g/mol. The number of esters is 1. The zero-order chi connectivity index (χ0) is 13.1. The Hall–Kier alpha value is -1.61. The molecule has 0 saturated heterocycles. The number of carbonyl (C=O) groups is 1. The molecule has 2 N–H and O–H groups in total. The molecular formula is C15H19NO2. The summed E-state index contributed by atoms with van der Waals surface area (Å²) in [7, 11) is 0. The Kier molecular flexibility index (Phi) is 3.82. The summed E-state index contributed by atoms with van der Waals surface area (Å²) in [5.74, 6) is 0.0639. The molecule has 1 unspecified atom stereocenters. The van der Waals surface area contributed by atoms with Crippen LogP contribution in [0.3, 0.4) is 0 Å². The second-order valence-electron chi connectivity index (χ2n) is 5.08. The maximum absolute atomic E-state index is 11.9. The summed E-state index contributed by atoms with van der Waals surface area (Å²) in [4.78, 5) is 11.9. The molecule has 3 heteroatoms. The van der Waals surface area contributed by atoms with E-state index >= 15 is 0 Å². The fourth-order valence-electron chi connectivity index (χ4n) is 2.14. The van der Waals surface area contributed by atoms with Gasteiger partial charge < -0.3 is 10.5 Å². The van der Waals surface area contributed by atoms with Gasteiger partial charge >= 0.3 is 5.97 Å². The van der Waals surface area contributed by atoms with E-state index in [-0.39, 0.29) is 12.1 Å². The van der Waals surface area contributed by atoms with Gasteiger partial charge in [-0.3, -0.25) is 4.79 Å². The predicted octanol–water partition coefficient (Wildman–Crippen LogP) is 2.67. The van der Waals surface area contributed by atoms with Crippen molar-refractivity contribution < 1.29 is 9.53 Å². The third-order valence-corrected chi connectivity index (χ3v) is 3.02. The molecule has 0 saturated carbocycles. The number of carbonyl (C=O) groups excluding carboxylic acids is 1. The first-order valence-corrected chi connectivity index (χ1v) is 6.31. The SMILES string of the molecule is CC(C)C[C@H](N)C(=O)OC1C=Cc2ccccc21. The molecule has 1 aliphatic carbocycles. The quantitative estimate of drug-likeness (QED) is 0.830. The van der Waals surface area contributed by atoms with Gasteiger partial charge in [0.25, 0.3) is 0 Å². The number of hydrogen-bond acceptors (Lipinski definition) is 3. The zero-order valence-corrected chi connectivity index (χ0v) is 10.8. The predicted molar refractivity (Wildman–Crippen MR) is 71.7 cm³/mol. The Morgan fingerprint density at radius 1 is 1.39 bits per heavy atom. The second-order valence-corrected chi connectivity index (χ2v) is 5.08. The molecule has 1 aliphatic rings. The first-order chi connectivity index (χ1) is 8.58. The van der Waals surface area contributed by atoms with Gasteiger partial charge in [-0.05, 0) is 24.0 Å². The molecule has 0 heterocycles. The molecule has 0 amide bonds. The van der Waals surface area contributed by atoms with Crippen LogP contribution in [0.1, 0.15) is 37.5 Å². The average molecular weight is 245 g/mol. The third-order valence-electron chi connectivity index (χ3n) is 3.02. The molecule has 0 spiro atoms. The van der Waals surface area contributed by atoms with Crippen LogP contribution in [0.5, 0.6) is 0 Å². The maximum atomic E-state index is 11.9. The molecule has 0 radical (unpaired) electrons. The van der Waals surface area contributed by atoms with Crippen molar-refractivity contribution in [2.45, 2.75) is 32.4 Å². The van der Waals surface area contributed by atoms with Crippen LogP contribution in [0.15, 0.2) is 30.3 Å². The van der Waals surface area contributed by atoms with E-state index in [1.54, 1.807) is 0 Å². The van der Waals surface area contributed by atoms with Crippen LogP contribution in [0.4, 0.5) is 0 Å². The van der Waals surface area contributed by atoms with E-state index in [1.165, 1.54) is 0 Å². The van der Waals surface area contributed by atoms with Crippen LogP contribution < -0.4 is 5.73 Å². The summed E-state index contributed by atoms with van der Waals surface area (Å²) in [6, 6.07) is 7.36. The molecule has 0 aliphatic heterocycles. The Bertz CT molecular complexity index is 465. The van der Waals surface area contributed by atoms with E-state index in [2.05, 4.69) is 0 Å². The minimum Gasteiger partial charge on any atom is -0.452 e. The summed E-state index contributed by atoms with van der Waals surface area (Å²) in [5.41, 5.74) is 7.95. The van der Waals surface area contributed by atoms with Gasteiger partial charge in [-0.15, -0.1) is 0 Å². The van der Waals surface area contributed by atoms with Gasteiger partial charge in [0.05, 0.1) is 0 Å². The van der Waals surface area contributed by atoms with E-state index in [9.17, 15) is 4.79 Å². The number of hydrogen-bond donors (Lipinski definition) is 1. The lowest BCUT2D eigenvalue weighted by atomic mass is 10.0. The highest BCUT2D eigenvalue weighted by Crippen LogP contribution is 2.30. The summed E-state index contributed by atoms with van der Waals surface area (Å²) < 4.78 is 5.45. The van der Waals surface area contributed by atoms with Crippen LogP contribution >= 0.6 is 0 Å². The van der Waals surface area contributed by atoms with Gasteiger partial charge in [0.15, 0.2) is 0 Å². The number of fused-ring (bicyclic) bond motifs is 1. The van der Waals surface area contributed by atoms with Crippen molar-refractivity contribution in [1.82, 2.24) is 0 Å². The van der Waals surface area contributed by atoms with Crippen LogP contribution in [0.2, 0.25) is 0 Å². The molecule has 0 aromatic heterocycles. The van der Waals surface area contributed by atoms with Crippen molar-refractivity contribution >= 4 is 12.0 Å². The molecule has 1 aromatic rings. The van der Waals surface area contributed by atoms with Gasteiger partial charge in [0.2, 0.25) is 0 Å². The minimum atomic E-state index is -0.536. The van der Waals surface area contributed by atoms with Crippen LogP contribution in [-0.4, -0.2) is 12.0 Å². The molecule has 3 nitrogen and oxygen atoms in total. The largest absolute Gasteiger partial charge is 0.452 e. The molecule has 18 heavy (non-hydrogen) atoms. The van der Waals surface area contributed by atoms with Crippen molar-refractivity contribution in [3.8, 4) is 0 Å². The zero-order valence-electron chi connectivity index (χ0n) is 10.8. The van der Waals surface area contributed by atoms with Gasteiger partial charge in [-0.1, -0.05) is 44.2 Å². The van der Waals surface area contributed by atoms with Crippen molar-refractivity contribution in [2.75, 3.05) is 0 Å². The van der Waals surface area contributed by atoms with E-state index in [0.29, 0.717) is 12.3 Å². The number of ether oxygens (including phenoxy) is 1. The normalized spacial score (nSPS) is 18.8. The van der Waals surface area contributed by atoms with Crippen molar-refractivity contribution in [1.29, 1.82) is 0 Å². The number of rotatable bonds is 4. The Morgan fingerprint density at radius 3 is 2.83 bits per heavy atom. The van der Waals surface area contributed by atoms with Crippen LogP contribution in [-0.2, 0) is 9.53 Å². The summed E-state index contributed by atoms with van der Waals surface area (Å²) >= 11 is 0. The topological polar surface area (TPSA) is 52.3 Å². The van der Waals surface area contributed by atoms with Crippen molar-refractivity contribution in [3.05, 3.63) is 41.5 Å². The molecule has 96 valence electrons. The summed E-state index contributed by atoms with van der Waals surface area (Å²) in [5, 5.41) is 0. The Balaban J connectivity index is 2.00. The average Bonchev–Trinajstić information content (AvgIpc) is 2.72. The highest BCUT2D eigenvalue weighted by Gasteiger charge is 2.24. The maximum Gasteiger partial charge on any atom is 0.323 e. The Labute approximate surface area is 108 Å². The lowest BCUT2D eigenvalue weighted by Crippen LogP contribution is -2.34. The van der Waals surface area contributed by atoms with Crippen molar-refractivity contribution in [2.24, 2.45) is 11.7 Å². The first kappa shape index (κ1) is 12.8. The van der Waals surface area contributed by atoms with E-state index < -0.39 is 6.04 Å². The number of benzene rings is 1.